The predicted octanol–water partition coefficient (Wildman–Crippen LogP) is 2.80. The summed E-state index contributed by atoms with van der Waals surface area (Å²) in [5.41, 5.74) is 1.66. The summed E-state index contributed by atoms with van der Waals surface area (Å²) in [7, 11) is 2.02. The zero-order chi connectivity index (χ0) is 15.1. The van der Waals surface area contributed by atoms with Gasteiger partial charge < -0.3 is 4.74 Å². The molecule has 2 aromatic rings. The van der Waals surface area contributed by atoms with Crippen LogP contribution >= 0.6 is 0 Å². The SMILES string of the molecule is CC(=O)c1ccccc1OCCN(C)Cc1ccccn1. The molecular weight excluding hydrogens is 264 g/mol. The van der Waals surface area contributed by atoms with Gasteiger partial charge in [-0.15, -0.1) is 0 Å². The Morgan fingerprint density at radius 1 is 1.19 bits per heavy atom. The van der Waals surface area contributed by atoms with Crippen LogP contribution in [0.3, 0.4) is 0 Å². The van der Waals surface area contributed by atoms with Gasteiger partial charge in [-0.3, -0.25) is 14.7 Å². The Bertz CT molecular complexity index is 584. The maximum atomic E-state index is 11.5. The van der Waals surface area contributed by atoms with Crippen LogP contribution in [0.15, 0.2) is 48.7 Å². The smallest absolute Gasteiger partial charge is 0.163 e. The highest BCUT2D eigenvalue weighted by molar-refractivity contribution is 5.96. The van der Waals surface area contributed by atoms with Crippen molar-refractivity contribution in [3.8, 4) is 5.75 Å². The van der Waals surface area contributed by atoms with Crippen molar-refractivity contribution in [2.24, 2.45) is 0 Å². The van der Waals surface area contributed by atoms with E-state index in [-0.39, 0.29) is 5.78 Å². The van der Waals surface area contributed by atoms with E-state index in [2.05, 4.69) is 9.88 Å². The third kappa shape index (κ3) is 4.68. The van der Waals surface area contributed by atoms with Crippen molar-refractivity contribution in [3.05, 3.63) is 59.9 Å². The Hall–Kier alpha value is -2.20. The first kappa shape index (κ1) is 15.2. The Kier molecular flexibility index (Phi) is 5.46. The maximum Gasteiger partial charge on any atom is 0.163 e. The minimum absolute atomic E-state index is 0.0208. The number of hydrogen-bond acceptors (Lipinski definition) is 4. The molecule has 2 rings (SSSR count). The number of likely N-dealkylation sites (N-methyl/N-ethyl adjacent to an activating group) is 1. The number of hydrogen-bond donors (Lipinski definition) is 0. The minimum atomic E-state index is 0.0208. The lowest BCUT2D eigenvalue weighted by molar-refractivity contribution is 0.101. The number of pyridine rings is 1. The van der Waals surface area contributed by atoms with E-state index in [1.54, 1.807) is 19.2 Å². The first-order valence-corrected chi connectivity index (χ1v) is 6.98. The first-order chi connectivity index (χ1) is 10.2. The second-order valence-corrected chi connectivity index (χ2v) is 4.96. The van der Waals surface area contributed by atoms with E-state index in [0.29, 0.717) is 17.9 Å². The van der Waals surface area contributed by atoms with Crippen molar-refractivity contribution in [2.45, 2.75) is 13.5 Å². The molecule has 4 nitrogen and oxygen atoms in total. The molecule has 21 heavy (non-hydrogen) atoms. The van der Waals surface area contributed by atoms with E-state index in [1.165, 1.54) is 0 Å². The molecule has 1 heterocycles. The van der Waals surface area contributed by atoms with E-state index in [4.69, 9.17) is 4.74 Å². The van der Waals surface area contributed by atoms with Crippen LogP contribution in [0.1, 0.15) is 23.0 Å². The molecular formula is C17H20N2O2. The van der Waals surface area contributed by atoms with Crippen molar-refractivity contribution in [1.82, 2.24) is 9.88 Å². The van der Waals surface area contributed by atoms with Crippen LogP contribution in [0.4, 0.5) is 0 Å². The molecule has 0 aliphatic heterocycles. The Morgan fingerprint density at radius 3 is 2.67 bits per heavy atom. The lowest BCUT2D eigenvalue weighted by atomic mass is 10.1. The van der Waals surface area contributed by atoms with Crippen molar-refractivity contribution >= 4 is 5.78 Å². The molecule has 110 valence electrons. The number of Topliss-reactive ketones (excluding diaryl/α,β-unsaturated/α-hetero) is 1. The fourth-order valence-electron chi connectivity index (χ4n) is 2.04. The van der Waals surface area contributed by atoms with Gasteiger partial charge in [-0.1, -0.05) is 18.2 Å². The molecule has 0 aliphatic carbocycles. The number of benzene rings is 1. The molecule has 0 spiro atoms. The number of rotatable bonds is 7. The second kappa shape index (κ2) is 7.55. The number of nitrogens with zero attached hydrogens (tertiary/aromatic N) is 2. The molecule has 0 radical (unpaired) electrons. The van der Waals surface area contributed by atoms with Gasteiger partial charge in [-0.05, 0) is 38.2 Å². The van der Waals surface area contributed by atoms with E-state index in [9.17, 15) is 4.79 Å². The molecule has 0 saturated carbocycles. The van der Waals surface area contributed by atoms with Gasteiger partial charge in [0.2, 0.25) is 0 Å². The van der Waals surface area contributed by atoms with Crippen LogP contribution in [0, 0.1) is 0 Å². The summed E-state index contributed by atoms with van der Waals surface area (Å²) in [6, 6.07) is 13.2. The lowest BCUT2D eigenvalue weighted by Gasteiger charge is -2.17. The topological polar surface area (TPSA) is 42.4 Å². The molecule has 0 bridgehead atoms. The van der Waals surface area contributed by atoms with Gasteiger partial charge in [0.25, 0.3) is 0 Å². The summed E-state index contributed by atoms with van der Waals surface area (Å²) in [6.45, 7) is 3.63. The molecule has 0 atom stereocenters. The highest BCUT2D eigenvalue weighted by Gasteiger charge is 2.08. The number of carbonyl (C=O) groups excluding carboxylic acids is 1. The van der Waals surface area contributed by atoms with E-state index in [1.807, 2.05) is 43.4 Å². The summed E-state index contributed by atoms with van der Waals surface area (Å²) < 4.78 is 5.72. The summed E-state index contributed by atoms with van der Waals surface area (Å²) in [5, 5.41) is 0. The lowest BCUT2D eigenvalue weighted by Crippen LogP contribution is -2.24. The van der Waals surface area contributed by atoms with Gasteiger partial charge in [0.05, 0.1) is 11.3 Å². The third-order valence-corrected chi connectivity index (χ3v) is 3.15. The third-order valence-electron chi connectivity index (χ3n) is 3.15. The number of aromatic nitrogens is 1. The molecule has 0 saturated heterocycles. The van der Waals surface area contributed by atoms with Crippen molar-refractivity contribution in [1.29, 1.82) is 0 Å². The molecule has 0 unspecified atom stereocenters. The highest BCUT2D eigenvalue weighted by atomic mass is 16.5. The second-order valence-electron chi connectivity index (χ2n) is 4.96. The van der Waals surface area contributed by atoms with Crippen LogP contribution in [0.5, 0.6) is 5.75 Å². The average Bonchev–Trinajstić information content (AvgIpc) is 2.48. The summed E-state index contributed by atoms with van der Waals surface area (Å²) in [4.78, 5) is 17.9. The monoisotopic (exact) mass is 284 g/mol. The standard InChI is InChI=1S/C17H20N2O2/c1-14(20)16-8-3-4-9-17(16)21-12-11-19(2)13-15-7-5-6-10-18-15/h3-10H,11-13H2,1-2H3. The summed E-state index contributed by atoms with van der Waals surface area (Å²) in [6.07, 6.45) is 1.79. The van der Waals surface area contributed by atoms with Crippen LogP contribution < -0.4 is 4.74 Å². The Labute approximate surface area is 125 Å². The summed E-state index contributed by atoms with van der Waals surface area (Å²) in [5.74, 6) is 0.670. The number of carbonyl (C=O) groups is 1. The number of para-hydroxylation sites is 1. The quantitative estimate of drug-likeness (QED) is 0.733. The molecule has 0 fully saturated rings. The van der Waals surface area contributed by atoms with Gasteiger partial charge in [0.1, 0.15) is 12.4 Å². The van der Waals surface area contributed by atoms with Crippen LogP contribution in [0.25, 0.3) is 0 Å². The van der Waals surface area contributed by atoms with E-state index in [0.717, 1.165) is 18.8 Å². The highest BCUT2D eigenvalue weighted by Crippen LogP contribution is 2.18. The largest absolute Gasteiger partial charge is 0.491 e. The minimum Gasteiger partial charge on any atom is -0.491 e. The van der Waals surface area contributed by atoms with Crippen molar-refractivity contribution in [2.75, 3.05) is 20.2 Å². The predicted molar refractivity (Wildman–Crippen MR) is 82.5 cm³/mol. The zero-order valence-corrected chi connectivity index (χ0v) is 12.5. The number of ether oxygens (including phenoxy) is 1. The Balaban J connectivity index is 1.83. The normalized spacial score (nSPS) is 10.6. The molecule has 0 N–H and O–H groups in total. The van der Waals surface area contributed by atoms with Gasteiger partial charge in [0, 0.05) is 19.3 Å². The molecule has 0 aliphatic rings. The fourth-order valence-corrected chi connectivity index (χ4v) is 2.04. The van der Waals surface area contributed by atoms with Crippen LogP contribution in [0.2, 0.25) is 0 Å². The van der Waals surface area contributed by atoms with Gasteiger partial charge >= 0.3 is 0 Å². The fraction of sp³-hybridized carbons (Fsp3) is 0.294. The molecule has 0 amide bonds. The van der Waals surface area contributed by atoms with Gasteiger partial charge in [0.15, 0.2) is 5.78 Å². The molecule has 1 aromatic heterocycles. The van der Waals surface area contributed by atoms with Crippen LogP contribution in [-0.2, 0) is 6.54 Å². The average molecular weight is 284 g/mol. The summed E-state index contributed by atoms with van der Waals surface area (Å²) >= 11 is 0. The maximum absolute atomic E-state index is 11.5. The first-order valence-electron chi connectivity index (χ1n) is 6.98. The Morgan fingerprint density at radius 2 is 1.95 bits per heavy atom. The molecule has 1 aromatic carbocycles. The van der Waals surface area contributed by atoms with E-state index < -0.39 is 0 Å². The number of ketones is 1. The van der Waals surface area contributed by atoms with Crippen molar-refractivity contribution in [3.63, 3.8) is 0 Å². The van der Waals surface area contributed by atoms with E-state index >= 15 is 0 Å². The van der Waals surface area contributed by atoms with Crippen molar-refractivity contribution < 1.29 is 9.53 Å². The zero-order valence-electron chi connectivity index (χ0n) is 12.5. The van der Waals surface area contributed by atoms with Gasteiger partial charge in [-0.25, -0.2) is 0 Å². The van der Waals surface area contributed by atoms with Crippen LogP contribution in [-0.4, -0.2) is 35.9 Å². The molecule has 4 heteroatoms. The van der Waals surface area contributed by atoms with Gasteiger partial charge in [-0.2, -0.15) is 0 Å².